The van der Waals surface area contributed by atoms with E-state index in [-0.39, 0.29) is 0 Å². The van der Waals surface area contributed by atoms with Gasteiger partial charge in [0, 0.05) is 5.56 Å². The van der Waals surface area contributed by atoms with E-state index in [1.54, 1.807) is 6.20 Å². The number of nitrogen functional groups attached to an aromatic ring is 1. The summed E-state index contributed by atoms with van der Waals surface area (Å²) in [6, 6.07) is 0. The molecule has 0 aliphatic carbocycles. The van der Waals surface area contributed by atoms with E-state index in [9.17, 15) is 0 Å². The lowest BCUT2D eigenvalue weighted by Crippen LogP contribution is -2.02. The SMILES string of the molecule is CC.Cc1cnn2c(N)ncnc12. The molecule has 0 spiro atoms. The normalized spacial score (nSPS) is 9.46. The third-order valence-corrected chi connectivity index (χ3v) is 1.51. The van der Waals surface area contributed by atoms with Gasteiger partial charge >= 0.3 is 0 Å². The van der Waals surface area contributed by atoms with Gasteiger partial charge in [-0.25, -0.2) is 9.97 Å². The molecule has 2 aromatic rings. The van der Waals surface area contributed by atoms with Crippen LogP contribution in [0.4, 0.5) is 5.95 Å². The third-order valence-electron chi connectivity index (χ3n) is 1.51. The molecule has 0 unspecified atom stereocenters. The lowest BCUT2D eigenvalue weighted by molar-refractivity contribution is 0.909. The van der Waals surface area contributed by atoms with Crippen LogP contribution in [0.5, 0.6) is 0 Å². The summed E-state index contributed by atoms with van der Waals surface area (Å²) in [5.74, 6) is 0.364. The van der Waals surface area contributed by atoms with Crippen LogP contribution in [-0.2, 0) is 0 Å². The molecule has 2 N–H and O–H groups in total. The fraction of sp³-hybridized carbons (Fsp3) is 0.375. The minimum absolute atomic E-state index is 0.364. The highest BCUT2D eigenvalue weighted by molar-refractivity contribution is 5.47. The summed E-state index contributed by atoms with van der Waals surface area (Å²) in [4.78, 5) is 7.80. The van der Waals surface area contributed by atoms with E-state index in [1.807, 2.05) is 20.8 Å². The van der Waals surface area contributed by atoms with Gasteiger partial charge in [0.2, 0.25) is 5.95 Å². The minimum atomic E-state index is 0.364. The maximum absolute atomic E-state index is 5.52. The largest absolute Gasteiger partial charge is 0.368 e. The van der Waals surface area contributed by atoms with E-state index in [4.69, 9.17) is 5.73 Å². The standard InChI is InChI=1S/C6H7N5.C2H6/c1-4-2-10-11-5(4)8-3-9-6(11)7;1-2/h2-3H,1H3,(H2,7,8,9);1-2H3. The van der Waals surface area contributed by atoms with Crippen molar-refractivity contribution in [3.63, 3.8) is 0 Å². The average molecular weight is 179 g/mol. The van der Waals surface area contributed by atoms with Crippen molar-refractivity contribution in [2.75, 3.05) is 5.73 Å². The van der Waals surface area contributed by atoms with Crippen LogP contribution in [0.15, 0.2) is 12.5 Å². The van der Waals surface area contributed by atoms with Crippen LogP contribution in [0.2, 0.25) is 0 Å². The summed E-state index contributed by atoms with van der Waals surface area (Å²) >= 11 is 0. The molecular weight excluding hydrogens is 166 g/mol. The van der Waals surface area contributed by atoms with Crippen LogP contribution >= 0.6 is 0 Å². The lowest BCUT2D eigenvalue weighted by Gasteiger charge is -1.94. The molecule has 0 aliphatic heterocycles. The number of rotatable bonds is 0. The molecule has 0 atom stereocenters. The maximum atomic E-state index is 5.52. The average Bonchev–Trinajstić information content (AvgIpc) is 2.53. The summed E-state index contributed by atoms with van der Waals surface area (Å²) in [5, 5.41) is 3.98. The molecule has 2 aromatic heterocycles. The van der Waals surface area contributed by atoms with Crippen molar-refractivity contribution >= 4 is 11.6 Å². The van der Waals surface area contributed by atoms with Crippen LogP contribution in [0.3, 0.4) is 0 Å². The molecule has 13 heavy (non-hydrogen) atoms. The molecule has 2 rings (SSSR count). The Labute approximate surface area is 76.6 Å². The van der Waals surface area contributed by atoms with Crippen molar-refractivity contribution in [1.29, 1.82) is 0 Å². The van der Waals surface area contributed by atoms with Crippen LogP contribution in [0, 0.1) is 6.92 Å². The summed E-state index contributed by atoms with van der Waals surface area (Å²) < 4.78 is 1.51. The third kappa shape index (κ3) is 1.58. The van der Waals surface area contributed by atoms with E-state index >= 15 is 0 Å². The van der Waals surface area contributed by atoms with Crippen LogP contribution in [0.1, 0.15) is 19.4 Å². The summed E-state index contributed by atoms with van der Waals surface area (Å²) in [7, 11) is 0. The Morgan fingerprint density at radius 1 is 1.31 bits per heavy atom. The molecule has 0 aromatic carbocycles. The number of fused-ring (bicyclic) bond motifs is 1. The van der Waals surface area contributed by atoms with Crippen molar-refractivity contribution in [2.45, 2.75) is 20.8 Å². The number of anilines is 1. The van der Waals surface area contributed by atoms with Gasteiger partial charge in [-0.05, 0) is 6.92 Å². The van der Waals surface area contributed by atoms with Crippen molar-refractivity contribution in [3.8, 4) is 0 Å². The monoisotopic (exact) mass is 179 g/mol. The van der Waals surface area contributed by atoms with Gasteiger partial charge in [-0.1, -0.05) is 13.8 Å². The molecule has 0 saturated carbocycles. The molecule has 0 radical (unpaired) electrons. The van der Waals surface area contributed by atoms with E-state index in [0.29, 0.717) is 5.95 Å². The number of nitrogens with two attached hydrogens (primary N) is 1. The van der Waals surface area contributed by atoms with Gasteiger partial charge in [0.15, 0.2) is 5.65 Å². The Bertz CT molecular complexity index is 392. The number of nitrogens with zero attached hydrogens (tertiary/aromatic N) is 4. The predicted octanol–water partition coefficient (Wildman–Crippen LogP) is 1.04. The smallest absolute Gasteiger partial charge is 0.224 e. The highest BCUT2D eigenvalue weighted by Gasteiger charge is 2.01. The van der Waals surface area contributed by atoms with Crippen molar-refractivity contribution in [2.24, 2.45) is 0 Å². The zero-order valence-electron chi connectivity index (χ0n) is 8.02. The summed E-state index contributed by atoms with van der Waals surface area (Å²) in [6.45, 7) is 5.93. The molecule has 0 fully saturated rings. The van der Waals surface area contributed by atoms with Gasteiger partial charge in [-0.3, -0.25) is 0 Å². The quantitative estimate of drug-likeness (QED) is 0.656. The van der Waals surface area contributed by atoms with E-state index in [0.717, 1.165) is 11.2 Å². The second kappa shape index (κ2) is 3.84. The van der Waals surface area contributed by atoms with Gasteiger partial charge in [0.05, 0.1) is 6.20 Å². The van der Waals surface area contributed by atoms with Crippen molar-refractivity contribution in [1.82, 2.24) is 19.6 Å². The molecule has 5 heteroatoms. The molecular formula is C8H13N5. The molecule has 0 bridgehead atoms. The van der Waals surface area contributed by atoms with Gasteiger partial charge in [0.25, 0.3) is 0 Å². The highest BCUT2D eigenvalue weighted by atomic mass is 15.3. The van der Waals surface area contributed by atoms with Gasteiger partial charge < -0.3 is 5.73 Å². The molecule has 2 heterocycles. The maximum Gasteiger partial charge on any atom is 0.224 e. The molecule has 0 saturated heterocycles. The number of aromatic nitrogens is 4. The van der Waals surface area contributed by atoms with Crippen molar-refractivity contribution < 1.29 is 0 Å². The Morgan fingerprint density at radius 3 is 2.62 bits per heavy atom. The minimum Gasteiger partial charge on any atom is -0.368 e. The molecule has 5 nitrogen and oxygen atoms in total. The predicted molar refractivity (Wildman–Crippen MR) is 51.3 cm³/mol. The van der Waals surface area contributed by atoms with Gasteiger partial charge in [-0.15, -0.1) is 0 Å². The number of aryl methyl sites for hydroxylation is 1. The van der Waals surface area contributed by atoms with Crippen molar-refractivity contribution in [3.05, 3.63) is 18.1 Å². The Balaban J connectivity index is 0.000000396. The van der Waals surface area contributed by atoms with E-state index < -0.39 is 0 Å². The first-order valence-electron chi connectivity index (χ1n) is 4.20. The van der Waals surface area contributed by atoms with Gasteiger partial charge in [0.1, 0.15) is 6.33 Å². The van der Waals surface area contributed by atoms with E-state index in [1.165, 1.54) is 10.8 Å². The number of hydrogen-bond donors (Lipinski definition) is 1. The Kier molecular flexibility index (Phi) is 2.79. The van der Waals surface area contributed by atoms with E-state index in [2.05, 4.69) is 15.1 Å². The highest BCUT2D eigenvalue weighted by Crippen LogP contribution is 2.06. The van der Waals surface area contributed by atoms with Gasteiger partial charge in [-0.2, -0.15) is 9.61 Å². The molecule has 0 aliphatic rings. The fourth-order valence-corrected chi connectivity index (χ4v) is 0.945. The summed E-state index contributed by atoms with van der Waals surface area (Å²) in [6.07, 6.45) is 3.14. The Hall–Kier alpha value is -1.65. The van der Waals surface area contributed by atoms with Crippen LogP contribution in [-0.4, -0.2) is 19.6 Å². The topological polar surface area (TPSA) is 69.1 Å². The lowest BCUT2D eigenvalue weighted by atomic mass is 10.4. The van der Waals surface area contributed by atoms with Crippen LogP contribution in [0.25, 0.3) is 5.65 Å². The zero-order valence-corrected chi connectivity index (χ0v) is 8.02. The second-order valence-corrected chi connectivity index (χ2v) is 2.29. The molecule has 70 valence electrons. The molecule has 0 amide bonds. The first-order valence-corrected chi connectivity index (χ1v) is 4.20. The summed E-state index contributed by atoms with van der Waals surface area (Å²) in [5.41, 5.74) is 7.28. The Morgan fingerprint density at radius 2 is 2.00 bits per heavy atom. The zero-order chi connectivity index (χ0) is 9.84. The fourth-order valence-electron chi connectivity index (χ4n) is 0.945. The first kappa shape index (κ1) is 9.44. The number of hydrogen-bond acceptors (Lipinski definition) is 4. The first-order chi connectivity index (χ1) is 6.29. The van der Waals surface area contributed by atoms with Crippen LogP contribution < -0.4 is 5.73 Å². The second-order valence-electron chi connectivity index (χ2n) is 2.29.